The van der Waals surface area contributed by atoms with Gasteiger partial charge in [-0.05, 0) is 27.2 Å². The van der Waals surface area contributed by atoms with E-state index in [4.69, 9.17) is 0 Å². The molecule has 2 fully saturated rings. The highest BCUT2D eigenvalue weighted by molar-refractivity contribution is 8.01. The number of nitrogens with zero attached hydrogens (tertiary/aromatic N) is 6. The van der Waals surface area contributed by atoms with Gasteiger partial charge in [-0.1, -0.05) is 0 Å². The van der Waals surface area contributed by atoms with Crippen molar-refractivity contribution in [3.8, 4) is 0 Å². The number of carboxylic acids is 1. The summed E-state index contributed by atoms with van der Waals surface area (Å²) in [5.74, 6) is -0.644. The molecule has 12 heteroatoms. The number of fused-ring (bicyclic) bond motifs is 1. The molecule has 0 radical (unpaired) electrons. The summed E-state index contributed by atoms with van der Waals surface area (Å²) in [6.07, 6.45) is 6.08. The van der Waals surface area contributed by atoms with Crippen molar-refractivity contribution in [2.24, 2.45) is 0 Å². The fourth-order valence-corrected chi connectivity index (χ4v) is 5.78. The number of aromatic nitrogens is 5. The van der Waals surface area contributed by atoms with Gasteiger partial charge in [-0.2, -0.15) is 9.78 Å². The summed E-state index contributed by atoms with van der Waals surface area (Å²) in [5, 5.41) is 16.6. The summed E-state index contributed by atoms with van der Waals surface area (Å²) in [5.41, 5.74) is -0.239. The lowest BCUT2D eigenvalue weighted by molar-refractivity contribution is -0.160. The van der Waals surface area contributed by atoms with Crippen LogP contribution in [0.2, 0.25) is 0 Å². The van der Waals surface area contributed by atoms with Crippen molar-refractivity contribution in [1.82, 2.24) is 34.1 Å². The van der Waals surface area contributed by atoms with Crippen LogP contribution >= 0.6 is 11.8 Å². The molecule has 0 saturated carbocycles. The van der Waals surface area contributed by atoms with Gasteiger partial charge in [0.1, 0.15) is 23.3 Å². The van der Waals surface area contributed by atoms with Gasteiger partial charge in [-0.3, -0.25) is 14.7 Å². The number of rotatable bonds is 8. The van der Waals surface area contributed by atoms with Crippen LogP contribution in [0, 0.1) is 6.92 Å². The third-order valence-electron chi connectivity index (χ3n) is 5.60. The molecule has 2 aromatic heterocycles. The summed E-state index contributed by atoms with van der Waals surface area (Å²) in [7, 11) is 0. The maximum Gasteiger partial charge on any atom is 0.347 e. The predicted octanol–water partition coefficient (Wildman–Crippen LogP) is -0.297. The lowest BCUT2D eigenvalue weighted by atomic mass is 9.96. The third-order valence-corrected chi connectivity index (χ3v) is 7.17. The van der Waals surface area contributed by atoms with Crippen molar-refractivity contribution in [2.75, 3.05) is 0 Å². The molecule has 4 rings (SSSR count). The second-order valence-electron chi connectivity index (χ2n) is 8.07. The van der Waals surface area contributed by atoms with Gasteiger partial charge in [0.05, 0.1) is 13.0 Å². The number of imidazole rings is 1. The molecule has 2 aliphatic heterocycles. The highest BCUT2D eigenvalue weighted by Crippen LogP contribution is 2.50. The zero-order chi connectivity index (χ0) is 21.6. The Kier molecular flexibility index (Phi) is 5.22. The molecule has 162 valence electrons. The molecule has 30 heavy (non-hydrogen) atoms. The van der Waals surface area contributed by atoms with E-state index in [2.05, 4.69) is 15.4 Å². The Morgan fingerprint density at radius 1 is 1.33 bits per heavy atom. The number of amides is 1. The minimum absolute atomic E-state index is 0.0909. The van der Waals surface area contributed by atoms with Crippen LogP contribution in [0.3, 0.4) is 0 Å². The molecule has 2 aliphatic rings. The molecule has 3 atom stereocenters. The Bertz CT molecular complexity index is 1010. The van der Waals surface area contributed by atoms with Crippen LogP contribution in [0.25, 0.3) is 0 Å². The number of nitrogens with one attached hydrogen (secondary N) is 1. The van der Waals surface area contributed by atoms with Crippen molar-refractivity contribution in [2.45, 2.75) is 69.2 Å². The van der Waals surface area contributed by atoms with E-state index >= 15 is 0 Å². The van der Waals surface area contributed by atoms with Crippen LogP contribution in [0.1, 0.15) is 26.1 Å². The van der Waals surface area contributed by atoms with E-state index in [0.717, 1.165) is 13.0 Å². The van der Waals surface area contributed by atoms with Crippen molar-refractivity contribution >= 4 is 23.6 Å². The number of carboxylic acid groups (broad SMARTS) is 1. The number of hydrogen-bond acceptors (Lipinski definition) is 7. The van der Waals surface area contributed by atoms with Crippen LogP contribution in [-0.4, -0.2) is 68.0 Å². The zero-order valence-corrected chi connectivity index (χ0v) is 17.9. The van der Waals surface area contributed by atoms with Gasteiger partial charge < -0.3 is 14.6 Å². The molecular formula is C18H25N7O4S. The number of thioether (sulfide) groups is 1. The lowest BCUT2D eigenvalue weighted by Gasteiger charge is -2.43. The molecule has 3 unspecified atom stereocenters. The average Bonchev–Trinajstić information content (AvgIpc) is 3.34. The lowest BCUT2D eigenvalue weighted by Crippen LogP contribution is -2.70. The molecule has 0 spiro atoms. The Morgan fingerprint density at radius 3 is 2.77 bits per heavy atom. The largest absolute Gasteiger partial charge is 0.480 e. The van der Waals surface area contributed by atoms with E-state index in [1.807, 2.05) is 24.6 Å². The molecule has 1 amide bonds. The smallest absolute Gasteiger partial charge is 0.347 e. The zero-order valence-electron chi connectivity index (χ0n) is 17.1. The normalized spacial score (nSPS) is 24.7. The van der Waals surface area contributed by atoms with E-state index in [-0.39, 0.29) is 23.6 Å². The van der Waals surface area contributed by atoms with Gasteiger partial charge in [0.2, 0.25) is 5.91 Å². The van der Waals surface area contributed by atoms with Crippen LogP contribution < -0.4 is 11.0 Å². The highest BCUT2D eigenvalue weighted by Gasteiger charge is 2.63. The first kappa shape index (κ1) is 20.7. The third kappa shape index (κ3) is 3.43. The highest BCUT2D eigenvalue weighted by atomic mass is 32.2. The molecule has 11 nitrogen and oxygen atoms in total. The SMILES string of the molecule is Cc1nn(CNC2C(=O)N3C2SC(C)(C)C3C(=O)O)c(=O)n1CCCn1ccnc1. The van der Waals surface area contributed by atoms with Crippen LogP contribution in [0.5, 0.6) is 0 Å². The molecule has 2 N–H and O–H groups in total. The topological polar surface area (TPSA) is 127 Å². The van der Waals surface area contributed by atoms with Gasteiger partial charge >= 0.3 is 11.7 Å². The Hall–Kier alpha value is -2.60. The summed E-state index contributed by atoms with van der Waals surface area (Å²) in [6, 6.07) is -1.38. The molecule has 4 heterocycles. The Labute approximate surface area is 177 Å². The van der Waals surface area contributed by atoms with E-state index in [1.54, 1.807) is 24.0 Å². The number of aliphatic carboxylic acids is 1. The average molecular weight is 436 g/mol. The van der Waals surface area contributed by atoms with E-state index in [1.165, 1.54) is 21.3 Å². The minimum Gasteiger partial charge on any atom is -0.480 e. The number of aryl methyl sites for hydroxylation is 2. The van der Waals surface area contributed by atoms with E-state index in [0.29, 0.717) is 12.4 Å². The van der Waals surface area contributed by atoms with Gasteiger partial charge in [0.25, 0.3) is 0 Å². The maximum atomic E-state index is 12.7. The Morgan fingerprint density at radius 2 is 2.10 bits per heavy atom. The Balaban J connectivity index is 1.37. The monoisotopic (exact) mass is 435 g/mol. The van der Waals surface area contributed by atoms with Gasteiger partial charge in [-0.15, -0.1) is 11.8 Å². The summed E-state index contributed by atoms with van der Waals surface area (Å²) in [4.78, 5) is 42.2. The number of carbonyl (C=O) groups excluding carboxylic acids is 1. The first-order valence-corrected chi connectivity index (χ1v) is 10.6. The minimum atomic E-state index is -0.997. The second-order valence-corrected chi connectivity index (χ2v) is 9.84. The predicted molar refractivity (Wildman–Crippen MR) is 109 cm³/mol. The first-order chi connectivity index (χ1) is 14.2. The molecule has 0 aromatic carbocycles. The quantitative estimate of drug-likeness (QED) is 0.541. The fourth-order valence-electron chi connectivity index (χ4n) is 4.13. The molecule has 2 aromatic rings. The molecular weight excluding hydrogens is 410 g/mol. The number of hydrogen-bond donors (Lipinski definition) is 2. The molecule has 0 aliphatic carbocycles. The summed E-state index contributed by atoms with van der Waals surface area (Å²) in [6.45, 7) is 6.82. The van der Waals surface area contributed by atoms with Crippen LogP contribution in [0.15, 0.2) is 23.5 Å². The van der Waals surface area contributed by atoms with E-state index in [9.17, 15) is 19.5 Å². The molecule has 2 saturated heterocycles. The van der Waals surface area contributed by atoms with Gasteiger partial charge in [0.15, 0.2) is 0 Å². The summed E-state index contributed by atoms with van der Waals surface area (Å²) >= 11 is 1.46. The van der Waals surface area contributed by atoms with Gasteiger partial charge in [-0.25, -0.2) is 14.6 Å². The van der Waals surface area contributed by atoms with Crippen molar-refractivity contribution in [3.05, 3.63) is 35.0 Å². The van der Waals surface area contributed by atoms with Crippen molar-refractivity contribution in [1.29, 1.82) is 0 Å². The van der Waals surface area contributed by atoms with Crippen LogP contribution in [0.4, 0.5) is 0 Å². The van der Waals surface area contributed by atoms with Crippen LogP contribution in [-0.2, 0) is 29.3 Å². The second kappa shape index (κ2) is 7.58. The maximum absolute atomic E-state index is 12.7. The number of carbonyl (C=O) groups is 2. The van der Waals surface area contributed by atoms with Gasteiger partial charge in [0, 0.05) is 30.2 Å². The summed E-state index contributed by atoms with van der Waals surface area (Å²) < 4.78 is 4.29. The van der Waals surface area contributed by atoms with Crippen molar-refractivity contribution < 1.29 is 14.7 Å². The first-order valence-electron chi connectivity index (χ1n) is 9.77. The van der Waals surface area contributed by atoms with Crippen molar-refractivity contribution in [3.63, 3.8) is 0 Å². The fraction of sp³-hybridized carbons (Fsp3) is 0.611. The van der Waals surface area contributed by atoms with E-state index < -0.39 is 22.8 Å². The number of β-lactam (4-membered cyclic amide) rings is 1. The molecule has 0 bridgehead atoms. The standard InChI is InChI=1S/C18H25N7O4S/c1-11-21-24(17(29)23(11)7-4-6-22-8-5-19-9-22)10-20-12-14(26)25-13(16(27)28)18(2,3)30-15(12)25/h5,8-9,12-13,15,20H,4,6-7,10H2,1-3H3,(H,27,28).